The molecule has 0 saturated heterocycles. The Balaban J connectivity index is 2.25. The Bertz CT molecular complexity index is 317. The van der Waals surface area contributed by atoms with E-state index < -0.39 is 0 Å². The van der Waals surface area contributed by atoms with Gasteiger partial charge in [-0.3, -0.25) is 4.98 Å². The largest absolute Gasteiger partial charge is 0.384 e. The van der Waals surface area contributed by atoms with Gasteiger partial charge < -0.3 is 5.32 Å². The Hall–Kier alpha value is -1.14. The van der Waals surface area contributed by atoms with Gasteiger partial charge in [0, 0.05) is 30.4 Å². The summed E-state index contributed by atoms with van der Waals surface area (Å²) in [4.78, 5) is 4.03. The van der Waals surface area contributed by atoms with Gasteiger partial charge in [-0.15, -0.1) is 18.2 Å². The molecule has 74 valence electrons. The standard InChI is InChI=1S/C11H14N2S/c1-3-7-14-8-6-13-11-4-5-12-9-10(11)2/h1,4-5,9H,6-8H2,2H3,(H,12,13). The maximum Gasteiger partial charge on any atom is 0.0545 e. The van der Waals surface area contributed by atoms with Gasteiger partial charge in [0.25, 0.3) is 0 Å². The van der Waals surface area contributed by atoms with Crippen LogP contribution in [-0.2, 0) is 0 Å². The summed E-state index contributed by atoms with van der Waals surface area (Å²) in [5.41, 5.74) is 2.33. The molecule has 14 heavy (non-hydrogen) atoms. The van der Waals surface area contributed by atoms with Crippen LogP contribution < -0.4 is 5.32 Å². The molecule has 0 aromatic carbocycles. The minimum absolute atomic E-state index is 0.789. The summed E-state index contributed by atoms with van der Waals surface area (Å²) in [7, 11) is 0. The summed E-state index contributed by atoms with van der Waals surface area (Å²) in [6, 6.07) is 1.99. The summed E-state index contributed by atoms with van der Waals surface area (Å²) < 4.78 is 0. The van der Waals surface area contributed by atoms with Crippen LogP contribution in [0.1, 0.15) is 5.56 Å². The molecule has 0 atom stereocenters. The predicted molar refractivity (Wildman–Crippen MR) is 63.6 cm³/mol. The van der Waals surface area contributed by atoms with Crippen molar-refractivity contribution in [1.82, 2.24) is 4.98 Å². The predicted octanol–water partition coefficient (Wildman–Crippen LogP) is 2.17. The molecule has 1 heterocycles. The molecule has 0 saturated carbocycles. The van der Waals surface area contributed by atoms with Gasteiger partial charge in [0.05, 0.1) is 5.75 Å². The highest BCUT2D eigenvalue weighted by Gasteiger charge is 1.95. The number of hydrogen-bond acceptors (Lipinski definition) is 3. The van der Waals surface area contributed by atoms with Crippen LogP contribution >= 0.6 is 11.8 Å². The van der Waals surface area contributed by atoms with Crippen LogP contribution in [0.25, 0.3) is 0 Å². The molecule has 0 aliphatic carbocycles. The summed E-state index contributed by atoms with van der Waals surface area (Å²) >= 11 is 1.76. The van der Waals surface area contributed by atoms with Crippen LogP contribution in [0.5, 0.6) is 0 Å². The SMILES string of the molecule is C#CCSCCNc1ccncc1C. The quantitative estimate of drug-likeness (QED) is 0.590. The average molecular weight is 206 g/mol. The van der Waals surface area contributed by atoms with E-state index >= 15 is 0 Å². The lowest BCUT2D eigenvalue weighted by molar-refractivity contribution is 1.19. The lowest BCUT2D eigenvalue weighted by atomic mass is 10.2. The van der Waals surface area contributed by atoms with Gasteiger partial charge in [0.2, 0.25) is 0 Å². The van der Waals surface area contributed by atoms with E-state index in [9.17, 15) is 0 Å². The van der Waals surface area contributed by atoms with Crippen LogP contribution in [0, 0.1) is 19.3 Å². The molecule has 0 unspecified atom stereocenters. The molecule has 3 heteroatoms. The number of nitrogens with one attached hydrogen (secondary N) is 1. The van der Waals surface area contributed by atoms with Crippen molar-refractivity contribution >= 4 is 17.4 Å². The first-order valence-corrected chi connectivity index (χ1v) is 5.65. The van der Waals surface area contributed by atoms with E-state index in [-0.39, 0.29) is 0 Å². The third-order valence-corrected chi connectivity index (χ3v) is 2.63. The zero-order valence-corrected chi connectivity index (χ0v) is 9.10. The second-order valence-electron chi connectivity index (χ2n) is 2.87. The monoisotopic (exact) mass is 206 g/mol. The molecule has 0 aliphatic heterocycles. The van der Waals surface area contributed by atoms with Gasteiger partial charge in [-0.05, 0) is 18.6 Å². The third-order valence-electron chi connectivity index (χ3n) is 1.77. The molecule has 0 spiro atoms. The summed E-state index contributed by atoms with van der Waals surface area (Å²) in [6.45, 7) is 2.99. The number of aromatic nitrogens is 1. The fourth-order valence-electron chi connectivity index (χ4n) is 1.06. The zero-order chi connectivity index (χ0) is 10.2. The molecule has 0 radical (unpaired) electrons. The first kappa shape index (κ1) is 10.9. The minimum atomic E-state index is 0.789. The van der Waals surface area contributed by atoms with Crippen LogP contribution in [0.15, 0.2) is 18.5 Å². The van der Waals surface area contributed by atoms with E-state index in [1.54, 1.807) is 18.0 Å². The van der Waals surface area contributed by atoms with Crippen molar-refractivity contribution < 1.29 is 0 Å². The Morgan fingerprint density at radius 3 is 3.21 bits per heavy atom. The van der Waals surface area contributed by atoms with Crippen LogP contribution in [0.4, 0.5) is 5.69 Å². The van der Waals surface area contributed by atoms with Crippen LogP contribution in [0.3, 0.4) is 0 Å². The summed E-state index contributed by atoms with van der Waals surface area (Å²) in [5, 5.41) is 3.34. The van der Waals surface area contributed by atoms with Gasteiger partial charge >= 0.3 is 0 Å². The highest BCUT2D eigenvalue weighted by molar-refractivity contribution is 7.99. The smallest absolute Gasteiger partial charge is 0.0545 e. The van der Waals surface area contributed by atoms with Crippen molar-refractivity contribution in [2.75, 3.05) is 23.4 Å². The van der Waals surface area contributed by atoms with Crippen LogP contribution in [-0.4, -0.2) is 23.0 Å². The highest BCUT2D eigenvalue weighted by Crippen LogP contribution is 2.11. The third kappa shape index (κ3) is 3.71. The van der Waals surface area contributed by atoms with Gasteiger partial charge in [-0.1, -0.05) is 5.92 Å². The highest BCUT2D eigenvalue weighted by atomic mass is 32.2. The molecule has 1 rings (SSSR count). The van der Waals surface area contributed by atoms with Gasteiger partial charge in [-0.25, -0.2) is 0 Å². The Kier molecular flexibility index (Phi) is 4.95. The fourth-order valence-corrected chi connectivity index (χ4v) is 1.57. The summed E-state index contributed by atoms with van der Waals surface area (Å²) in [6.07, 6.45) is 8.80. The lowest BCUT2D eigenvalue weighted by Gasteiger charge is -2.07. The average Bonchev–Trinajstić information content (AvgIpc) is 2.20. The molecule has 1 aromatic rings. The van der Waals surface area contributed by atoms with Gasteiger partial charge in [-0.2, -0.15) is 0 Å². The molecule has 1 aromatic heterocycles. The van der Waals surface area contributed by atoms with Crippen molar-refractivity contribution in [2.24, 2.45) is 0 Å². The Labute approximate surface area is 89.5 Å². The normalized spacial score (nSPS) is 9.43. The maximum absolute atomic E-state index is 5.15. The number of aryl methyl sites for hydroxylation is 1. The second-order valence-corrected chi connectivity index (χ2v) is 3.98. The van der Waals surface area contributed by atoms with E-state index in [1.807, 2.05) is 19.2 Å². The first-order valence-electron chi connectivity index (χ1n) is 4.50. The van der Waals surface area contributed by atoms with E-state index in [0.29, 0.717) is 0 Å². The Morgan fingerprint density at radius 1 is 1.64 bits per heavy atom. The maximum atomic E-state index is 5.15. The minimum Gasteiger partial charge on any atom is -0.384 e. The molecule has 0 aliphatic rings. The number of terminal acetylenes is 1. The van der Waals surface area contributed by atoms with Gasteiger partial charge in [0.1, 0.15) is 0 Å². The number of pyridine rings is 1. The van der Waals surface area contributed by atoms with E-state index in [1.165, 1.54) is 5.56 Å². The van der Waals surface area contributed by atoms with Crippen molar-refractivity contribution in [3.8, 4) is 12.3 Å². The van der Waals surface area contributed by atoms with Crippen molar-refractivity contribution in [1.29, 1.82) is 0 Å². The number of thioether (sulfide) groups is 1. The molecular formula is C11H14N2S. The molecule has 0 bridgehead atoms. The lowest BCUT2D eigenvalue weighted by Crippen LogP contribution is -2.05. The molecular weight excluding hydrogens is 192 g/mol. The van der Waals surface area contributed by atoms with E-state index in [4.69, 9.17) is 6.42 Å². The number of hydrogen-bond donors (Lipinski definition) is 1. The molecule has 0 fully saturated rings. The zero-order valence-electron chi connectivity index (χ0n) is 8.29. The van der Waals surface area contributed by atoms with Crippen molar-refractivity contribution in [3.63, 3.8) is 0 Å². The second kappa shape index (κ2) is 6.33. The van der Waals surface area contributed by atoms with Crippen LogP contribution in [0.2, 0.25) is 0 Å². The van der Waals surface area contributed by atoms with Crippen molar-refractivity contribution in [2.45, 2.75) is 6.92 Å². The first-order chi connectivity index (χ1) is 6.84. The van der Waals surface area contributed by atoms with Crippen molar-refractivity contribution in [3.05, 3.63) is 24.0 Å². The van der Waals surface area contributed by atoms with Gasteiger partial charge in [0.15, 0.2) is 0 Å². The topological polar surface area (TPSA) is 24.9 Å². The Morgan fingerprint density at radius 2 is 2.50 bits per heavy atom. The van der Waals surface area contributed by atoms with E-state index in [2.05, 4.69) is 16.2 Å². The van der Waals surface area contributed by atoms with E-state index in [0.717, 1.165) is 23.7 Å². The fraction of sp³-hybridized carbons (Fsp3) is 0.364. The summed E-state index contributed by atoms with van der Waals surface area (Å²) in [5.74, 6) is 4.43. The number of nitrogens with zero attached hydrogens (tertiary/aromatic N) is 1. The number of rotatable bonds is 5. The number of anilines is 1. The molecule has 2 nitrogen and oxygen atoms in total. The molecule has 1 N–H and O–H groups in total. The molecule has 0 amide bonds.